The first-order valence-electron chi connectivity index (χ1n) is 7.94. The minimum Gasteiger partial charge on any atom is -0.389 e. The van der Waals surface area contributed by atoms with Gasteiger partial charge in [0.1, 0.15) is 0 Å². The Morgan fingerprint density at radius 2 is 1.92 bits per heavy atom. The summed E-state index contributed by atoms with van der Waals surface area (Å²) in [5.74, 6) is 0.654. The van der Waals surface area contributed by atoms with Crippen LogP contribution in [0.2, 0.25) is 0 Å². The van der Waals surface area contributed by atoms with Crippen molar-refractivity contribution in [1.29, 1.82) is 0 Å². The van der Waals surface area contributed by atoms with Crippen molar-refractivity contribution in [2.45, 2.75) is 26.5 Å². The lowest BCUT2D eigenvalue weighted by atomic mass is 10.1. The Balaban J connectivity index is 1.65. The van der Waals surface area contributed by atoms with E-state index < -0.39 is 6.10 Å². The summed E-state index contributed by atoms with van der Waals surface area (Å²) in [7, 11) is 0. The maximum atomic E-state index is 10.3. The number of hydrogen-bond donors (Lipinski definition) is 2. The molecule has 6 nitrogen and oxygen atoms in total. The number of benzene rings is 2. The molecule has 0 spiro atoms. The molecule has 3 rings (SSSR count). The van der Waals surface area contributed by atoms with Crippen LogP contribution in [-0.2, 0) is 6.54 Å². The van der Waals surface area contributed by atoms with Gasteiger partial charge in [0.05, 0.1) is 12.6 Å². The second kappa shape index (κ2) is 7.23. The van der Waals surface area contributed by atoms with Crippen molar-refractivity contribution in [2.75, 3.05) is 11.9 Å². The lowest BCUT2D eigenvalue weighted by Crippen LogP contribution is -2.26. The standard InChI is InChI=1S/C18H21N5O/c1-13-8-9-14(2)17(10-13)19-11-16(24)12-23-18(20-21-22-23)15-6-4-3-5-7-15/h3-10,16,19,24H,11-12H2,1-2H3/t16-/m0/s1. The highest BCUT2D eigenvalue weighted by Crippen LogP contribution is 2.17. The summed E-state index contributed by atoms with van der Waals surface area (Å²) in [6.45, 7) is 4.85. The first kappa shape index (κ1) is 16.1. The minimum atomic E-state index is -0.601. The number of nitrogens with zero attached hydrogens (tertiary/aromatic N) is 4. The fourth-order valence-corrected chi connectivity index (χ4v) is 2.54. The number of aromatic nitrogens is 4. The molecule has 0 unspecified atom stereocenters. The molecule has 1 heterocycles. The van der Waals surface area contributed by atoms with Crippen molar-refractivity contribution in [2.24, 2.45) is 0 Å². The summed E-state index contributed by atoms with van der Waals surface area (Å²) >= 11 is 0. The van der Waals surface area contributed by atoms with E-state index in [2.05, 4.69) is 39.0 Å². The van der Waals surface area contributed by atoms with Crippen molar-refractivity contribution in [1.82, 2.24) is 20.2 Å². The molecule has 0 radical (unpaired) electrons. The maximum absolute atomic E-state index is 10.3. The predicted octanol–water partition coefficient (Wildman–Crippen LogP) is 2.43. The smallest absolute Gasteiger partial charge is 0.182 e. The molecule has 1 atom stereocenters. The number of aryl methyl sites for hydroxylation is 2. The van der Waals surface area contributed by atoms with E-state index in [-0.39, 0.29) is 0 Å². The Labute approximate surface area is 141 Å². The van der Waals surface area contributed by atoms with Gasteiger partial charge in [-0.25, -0.2) is 4.68 Å². The average Bonchev–Trinajstić information content (AvgIpc) is 3.04. The van der Waals surface area contributed by atoms with Crippen molar-refractivity contribution in [3.63, 3.8) is 0 Å². The molecule has 0 bridgehead atoms. The molecule has 0 aliphatic rings. The monoisotopic (exact) mass is 323 g/mol. The Morgan fingerprint density at radius 3 is 2.71 bits per heavy atom. The van der Waals surface area contributed by atoms with Gasteiger partial charge in [-0.15, -0.1) is 5.10 Å². The highest BCUT2D eigenvalue weighted by molar-refractivity contribution is 5.54. The zero-order chi connectivity index (χ0) is 16.9. The number of aliphatic hydroxyl groups is 1. The number of nitrogens with one attached hydrogen (secondary N) is 1. The van der Waals surface area contributed by atoms with E-state index in [1.807, 2.05) is 44.2 Å². The van der Waals surface area contributed by atoms with Gasteiger partial charge in [0, 0.05) is 17.8 Å². The second-order valence-corrected chi connectivity index (χ2v) is 5.90. The van der Waals surface area contributed by atoms with Gasteiger partial charge < -0.3 is 10.4 Å². The quantitative estimate of drug-likeness (QED) is 0.728. The summed E-state index contributed by atoms with van der Waals surface area (Å²) in [5.41, 5.74) is 4.30. The molecule has 0 fully saturated rings. The van der Waals surface area contributed by atoms with Crippen LogP contribution in [0.3, 0.4) is 0 Å². The van der Waals surface area contributed by atoms with Crippen LogP contribution in [0.15, 0.2) is 48.5 Å². The van der Waals surface area contributed by atoms with Crippen molar-refractivity contribution < 1.29 is 5.11 Å². The van der Waals surface area contributed by atoms with Crippen molar-refractivity contribution in [3.05, 3.63) is 59.7 Å². The lowest BCUT2D eigenvalue weighted by Gasteiger charge is -2.15. The van der Waals surface area contributed by atoms with E-state index in [0.717, 1.165) is 16.8 Å². The number of rotatable bonds is 6. The van der Waals surface area contributed by atoms with Gasteiger partial charge in [0.2, 0.25) is 0 Å². The first-order chi connectivity index (χ1) is 11.6. The van der Waals surface area contributed by atoms with Gasteiger partial charge in [0.15, 0.2) is 5.82 Å². The zero-order valence-corrected chi connectivity index (χ0v) is 13.8. The summed E-state index contributed by atoms with van der Waals surface area (Å²) in [6.07, 6.45) is -0.601. The number of tetrazole rings is 1. The molecule has 6 heteroatoms. The Kier molecular flexibility index (Phi) is 4.86. The Morgan fingerprint density at radius 1 is 1.12 bits per heavy atom. The van der Waals surface area contributed by atoms with Crippen LogP contribution in [-0.4, -0.2) is 38.0 Å². The number of aliphatic hydroxyl groups excluding tert-OH is 1. The average molecular weight is 323 g/mol. The largest absolute Gasteiger partial charge is 0.389 e. The molecule has 2 aromatic carbocycles. The first-order valence-corrected chi connectivity index (χ1v) is 7.94. The SMILES string of the molecule is Cc1ccc(C)c(NC[C@H](O)Cn2nnnc2-c2ccccc2)c1. The third kappa shape index (κ3) is 3.78. The lowest BCUT2D eigenvalue weighted by molar-refractivity contribution is 0.161. The minimum absolute atomic E-state index is 0.328. The van der Waals surface area contributed by atoms with Crippen LogP contribution in [0.4, 0.5) is 5.69 Å². The second-order valence-electron chi connectivity index (χ2n) is 5.90. The molecule has 0 amide bonds. The fourth-order valence-electron chi connectivity index (χ4n) is 2.54. The van der Waals surface area contributed by atoms with E-state index >= 15 is 0 Å². The van der Waals surface area contributed by atoms with Gasteiger partial charge in [-0.3, -0.25) is 0 Å². The van der Waals surface area contributed by atoms with Crippen LogP contribution in [0.5, 0.6) is 0 Å². The Bertz CT molecular complexity index is 800. The molecule has 124 valence electrons. The van der Waals surface area contributed by atoms with Crippen LogP contribution < -0.4 is 5.32 Å². The number of hydrogen-bond acceptors (Lipinski definition) is 5. The summed E-state index contributed by atoms with van der Waals surface area (Å²) in [5, 5.41) is 25.4. The molecule has 0 aliphatic carbocycles. The molecule has 1 aromatic heterocycles. The highest BCUT2D eigenvalue weighted by atomic mass is 16.3. The van der Waals surface area contributed by atoms with Gasteiger partial charge in [0.25, 0.3) is 0 Å². The van der Waals surface area contributed by atoms with E-state index in [1.54, 1.807) is 4.68 Å². The molecule has 0 saturated heterocycles. The van der Waals surface area contributed by atoms with Crippen LogP contribution in [0.1, 0.15) is 11.1 Å². The zero-order valence-electron chi connectivity index (χ0n) is 13.8. The molecule has 0 saturated carbocycles. The van der Waals surface area contributed by atoms with Crippen LogP contribution >= 0.6 is 0 Å². The molecular weight excluding hydrogens is 302 g/mol. The van der Waals surface area contributed by atoms with Gasteiger partial charge in [-0.1, -0.05) is 42.5 Å². The van der Waals surface area contributed by atoms with Crippen molar-refractivity contribution >= 4 is 5.69 Å². The molecule has 3 aromatic rings. The van der Waals surface area contributed by atoms with Crippen molar-refractivity contribution in [3.8, 4) is 11.4 Å². The van der Waals surface area contributed by atoms with E-state index in [0.29, 0.717) is 18.9 Å². The predicted molar refractivity (Wildman–Crippen MR) is 93.7 cm³/mol. The molecule has 2 N–H and O–H groups in total. The van der Waals surface area contributed by atoms with E-state index in [1.165, 1.54) is 5.56 Å². The van der Waals surface area contributed by atoms with Gasteiger partial charge in [-0.2, -0.15) is 0 Å². The third-order valence-corrected chi connectivity index (χ3v) is 3.87. The van der Waals surface area contributed by atoms with Gasteiger partial charge >= 0.3 is 0 Å². The fraction of sp³-hybridized carbons (Fsp3) is 0.278. The van der Waals surface area contributed by atoms with Crippen LogP contribution in [0, 0.1) is 13.8 Å². The summed E-state index contributed by atoms with van der Waals surface area (Å²) < 4.78 is 1.63. The third-order valence-electron chi connectivity index (χ3n) is 3.87. The molecule has 0 aliphatic heterocycles. The topological polar surface area (TPSA) is 75.9 Å². The summed E-state index contributed by atoms with van der Waals surface area (Å²) in [6, 6.07) is 15.9. The molecule has 24 heavy (non-hydrogen) atoms. The highest BCUT2D eigenvalue weighted by Gasteiger charge is 2.13. The summed E-state index contributed by atoms with van der Waals surface area (Å²) in [4.78, 5) is 0. The molecular formula is C18H21N5O. The normalized spacial score (nSPS) is 12.1. The van der Waals surface area contributed by atoms with Crippen LogP contribution in [0.25, 0.3) is 11.4 Å². The maximum Gasteiger partial charge on any atom is 0.182 e. The van der Waals surface area contributed by atoms with Gasteiger partial charge in [-0.05, 0) is 41.5 Å². The number of anilines is 1. The van der Waals surface area contributed by atoms with E-state index in [4.69, 9.17) is 0 Å². The Hall–Kier alpha value is -2.73. The van der Waals surface area contributed by atoms with E-state index in [9.17, 15) is 5.11 Å².